The molecule has 0 heterocycles. The number of carbonyl (C=O) groups is 1. The molecular weight excluding hydrogens is 206 g/mol. The van der Waals surface area contributed by atoms with Crippen LogP contribution in [0.15, 0.2) is 30.3 Å². The minimum atomic E-state index is -0.705. The van der Waals surface area contributed by atoms with Crippen molar-refractivity contribution in [1.82, 2.24) is 0 Å². The van der Waals surface area contributed by atoms with Crippen LogP contribution in [0.2, 0.25) is 0 Å². The molecular formula is C12H17NO3. The number of nitrogens with two attached hydrogens (primary N) is 1. The van der Waals surface area contributed by atoms with Gasteiger partial charge in [0.25, 0.3) is 0 Å². The van der Waals surface area contributed by atoms with Crippen molar-refractivity contribution in [3.8, 4) is 0 Å². The van der Waals surface area contributed by atoms with Crippen molar-refractivity contribution >= 4 is 5.97 Å². The molecule has 1 aromatic carbocycles. The number of carbonyl (C=O) groups excluding carboxylic acids is 1. The summed E-state index contributed by atoms with van der Waals surface area (Å²) in [5, 5.41) is 0. The lowest BCUT2D eigenvalue weighted by atomic mass is 10.1. The highest BCUT2D eigenvalue weighted by atomic mass is 16.5. The Morgan fingerprint density at radius 3 is 2.62 bits per heavy atom. The molecule has 2 N–H and O–H groups in total. The minimum absolute atomic E-state index is 0.340. The highest BCUT2D eigenvalue weighted by Crippen LogP contribution is 2.10. The number of hydrogen-bond donors (Lipinski definition) is 1. The Kier molecular flexibility index (Phi) is 5.53. The van der Waals surface area contributed by atoms with Crippen LogP contribution in [0.25, 0.3) is 0 Å². The molecule has 0 aromatic heterocycles. The first-order chi connectivity index (χ1) is 7.75. The summed E-state index contributed by atoms with van der Waals surface area (Å²) in [7, 11) is 1.61. The average Bonchev–Trinajstić information content (AvgIpc) is 2.34. The van der Waals surface area contributed by atoms with Crippen LogP contribution in [0.1, 0.15) is 18.0 Å². The molecule has 0 bridgehead atoms. The Balaban J connectivity index is 2.37. The third-order valence-electron chi connectivity index (χ3n) is 2.15. The van der Waals surface area contributed by atoms with E-state index in [0.29, 0.717) is 19.6 Å². The van der Waals surface area contributed by atoms with Crippen LogP contribution in [0, 0.1) is 0 Å². The molecule has 0 radical (unpaired) electrons. The molecule has 4 nitrogen and oxygen atoms in total. The third-order valence-corrected chi connectivity index (χ3v) is 2.15. The molecule has 88 valence electrons. The van der Waals surface area contributed by atoms with E-state index in [0.717, 1.165) is 5.56 Å². The van der Waals surface area contributed by atoms with Gasteiger partial charge in [0.15, 0.2) is 0 Å². The summed E-state index contributed by atoms with van der Waals surface area (Å²) < 4.78 is 9.86. The summed E-state index contributed by atoms with van der Waals surface area (Å²) in [4.78, 5) is 11.5. The fourth-order valence-electron chi connectivity index (χ4n) is 1.26. The molecule has 4 heteroatoms. The summed E-state index contributed by atoms with van der Waals surface area (Å²) in [5.41, 5.74) is 6.51. The van der Waals surface area contributed by atoms with Crippen molar-refractivity contribution in [1.29, 1.82) is 0 Å². The first kappa shape index (κ1) is 12.7. The first-order valence-electron chi connectivity index (χ1n) is 5.22. The van der Waals surface area contributed by atoms with Gasteiger partial charge in [-0.1, -0.05) is 30.3 Å². The SMILES string of the molecule is COCCCOC(=O)[C@H](N)c1ccccc1. The standard InChI is InChI=1S/C12H17NO3/c1-15-8-5-9-16-12(14)11(13)10-6-3-2-4-7-10/h2-4,6-7,11H,5,8-9,13H2,1H3/t11-/m1/s1. The number of ether oxygens (including phenoxy) is 2. The lowest BCUT2D eigenvalue weighted by Gasteiger charge is -2.11. The maximum atomic E-state index is 11.5. The van der Waals surface area contributed by atoms with Crippen LogP contribution in [-0.4, -0.2) is 26.3 Å². The molecule has 1 aromatic rings. The summed E-state index contributed by atoms with van der Waals surface area (Å²) in [6, 6.07) is 8.46. The first-order valence-corrected chi connectivity index (χ1v) is 5.22. The van der Waals surface area contributed by atoms with Crippen molar-refractivity contribution < 1.29 is 14.3 Å². The number of rotatable bonds is 6. The smallest absolute Gasteiger partial charge is 0.327 e. The molecule has 0 fully saturated rings. The number of esters is 1. The summed E-state index contributed by atoms with van der Waals surface area (Å²) in [6.07, 6.45) is 0.684. The van der Waals surface area contributed by atoms with Crippen molar-refractivity contribution in [3.05, 3.63) is 35.9 Å². The number of methoxy groups -OCH3 is 1. The molecule has 1 rings (SSSR count). The zero-order valence-corrected chi connectivity index (χ0v) is 9.39. The van der Waals surface area contributed by atoms with E-state index in [4.69, 9.17) is 15.2 Å². The fraction of sp³-hybridized carbons (Fsp3) is 0.417. The fourth-order valence-corrected chi connectivity index (χ4v) is 1.26. The largest absolute Gasteiger partial charge is 0.464 e. The monoisotopic (exact) mass is 223 g/mol. The highest BCUT2D eigenvalue weighted by Gasteiger charge is 2.16. The van der Waals surface area contributed by atoms with Crippen molar-refractivity contribution in [3.63, 3.8) is 0 Å². The maximum absolute atomic E-state index is 11.5. The Morgan fingerprint density at radius 2 is 2.00 bits per heavy atom. The molecule has 0 saturated carbocycles. The zero-order chi connectivity index (χ0) is 11.8. The molecule has 0 unspecified atom stereocenters. The van der Waals surface area contributed by atoms with Crippen LogP contribution < -0.4 is 5.73 Å². The molecule has 1 atom stereocenters. The molecule has 0 amide bonds. The summed E-state index contributed by atoms with van der Waals surface area (Å²) >= 11 is 0. The second-order valence-electron chi connectivity index (χ2n) is 3.40. The molecule has 0 aliphatic heterocycles. The summed E-state index contributed by atoms with van der Waals surface area (Å²) in [5.74, 6) is -0.401. The second kappa shape index (κ2) is 6.98. The molecule has 16 heavy (non-hydrogen) atoms. The van der Waals surface area contributed by atoms with Gasteiger partial charge in [-0.25, -0.2) is 4.79 Å². The molecule has 0 spiro atoms. The van der Waals surface area contributed by atoms with E-state index >= 15 is 0 Å². The third kappa shape index (κ3) is 4.00. The van der Waals surface area contributed by atoms with E-state index < -0.39 is 12.0 Å². The van der Waals surface area contributed by atoms with Crippen molar-refractivity contribution in [2.24, 2.45) is 5.73 Å². The van der Waals surface area contributed by atoms with E-state index in [1.807, 2.05) is 18.2 Å². The van der Waals surface area contributed by atoms with Gasteiger partial charge in [-0.2, -0.15) is 0 Å². The molecule has 0 saturated heterocycles. The Bertz CT molecular complexity index is 313. The zero-order valence-electron chi connectivity index (χ0n) is 9.39. The van der Waals surface area contributed by atoms with Crippen LogP contribution in [0.3, 0.4) is 0 Å². The Hall–Kier alpha value is -1.39. The average molecular weight is 223 g/mol. The van der Waals surface area contributed by atoms with E-state index in [1.165, 1.54) is 0 Å². The Morgan fingerprint density at radius 1 is 1.31 bits per heavy atom. The van der Waals surface area contributed by atoms with E-state index in [2.05, 4.69) is 0 Å². The van der Waals surface area contributed by atoms with Gasteiger partial charge < -0.3 is 15.2 Å². The Labute approximate surface area is 95.3 Å². The van der Waals surface area contributed by atoms with Crippen LogP contribution in [0.5, 0.6) is 0 Å². The van der Waals surface area contributed by atoms with Gasteiger partial charge in [0, 0.05) is 20.1 Å². The van der Waals surface area contributed by atoms with Crippen molar-refractivity contribution in [2.75, 3.05) is 20.3 Å². The van der Waals surface area contributed by atoms with E-state index in [-0.39, 0.29) is 0 Å². The van der Waals surface area contributed by atoms with Gasteiger partial charge in [-0.15, -0.1) is 0 Å². The van der Waals surface area contributed by atoms with E-state index in [9.17, 15) is 4.79 Å². The second-order valence-corrected chi connectivity index (χ2v) is 3.40. The van der Waals surface area contributed by atoms with E-state index in [1.54, 1.807) is 19.2 Å². The number of benzene rings is 1. The minimum Gasteiger partial charge on any atom is -0.464 e. The lowest BCUT2D eigenvalue weighted by molar-refractivity contribution is -0.145. The number of hydrogen-bond acceptors (Lipinski definition) is 4. The molecule has 0 aliphatic carbocycles. The molecule has 0 aliphatic rings. The van der Waals surface area contributed by atoms with Gasteiger partial charge in [0.2, 0.25) is 0 Å². The highest BCUT2D eigenvalue weighted by molar-refractivity contribution is 5.77. The maximum Gasteiger partial charge on any atom is 0.327 e. The van der Waals surface area contributed by atoms with Crippen LogP contribution in [-0.2, 0) is 14.3 Å². The summed E-state index contributed by atoms with van der Waals surface area (Å²) in [6.45, 7) is 0.918. The van der Waals surface area contributed by atoms with Crippen LogP contribution in [0.4, 0.5) is 0 Å². The van der Waals surface area contributed by atoms with Gasteiger partial charge in [0.05, 0.1) is 6.61 Å². The predicted molar refractivity (Wildman–Crippen MR) is 60.8 cm³/mol. The predicted octanol–water partition coefficient (Wildman–Crippen LogP) is 1.27. The van der Waals surface area contributed by atoms with Gasteiger partial charge in [-0.05, 0) is 5.56 Å². The van der Waals surface area contributed by atoms with Crippen LogP contribution >= 0.6 is 0 Å². The normalized spacial score (nSPS) is 12.1. The van der Waals surface area contributed by atoms with Gasteiger partial charge in [0.1, 0.15) is 6.04 Å². The van der Waals surface area contributed by atoms with Gasteiger partial charge >= 0.3 is 5.97 Å². The van der Waals surface area contributed by atoms with Crippen molar-refractivity contribution in [2.45, 2.75) is 12.5 Å². The van der Waals surface area contributed by atoms with Gasteiger partial charge in [-0.3, -0.25) is 0 Å². The quantitative estimate of drug-likeness (QED) is 0.582. The lowest BCUT2D eigenvalue weighted by Crippen LogP contribution is -2.24. The topological polar surface area (TPSA) is 61.5 Å².